The number of ether oxygens (including phenoxy) is 3. The summed E-state index contributed by atoms with van der Waals surface area (Å²) in [6.07, 6.45) is 0. The van der Waals surface area contributed by atoms with Gasteiger partial charge >= 0.3 is 17.9 Å². The third kappa shape index (κ3) is 18.1. The van der Waals surface area contributed by atoms with E-state index in [0.29, 0.717) is 0 Å². The standard InChI is InChI=1S/C14H27N3O6.CH2O2/c1-14(2,3)23-13(20)10-17(4-6-21-11(18)8-15)5-7-22-12(19)9-16;2-1-3/h4-10,15-16H2,1-3H3;1H,(H,2,3). The normalized spacial score (nSPS) is 10.4. The molecule has 11 nitrogen and oxygen atoms in total. The fourth-order valence-corrected chi connectivity index (χ4v) is 1.52. The lowest BCUT2D eigenvalue weighted by atomic mass is 10.2. The summed E-state index contributed by atoms with van der Waals surface area (Å²) in [6.45, 7) is 5.32. The minimum atomic E-state index is -0.596. The highest BCUT2D eigenvalue weighted by Crippen LogP contribution is 2.07. The fourth-order valence-electron chi connectivity index (χ4n) is 1.52. The van der Waals surface area contributed by atoms with E-state index in [-0.39, 0.29) is 52.4 Å². The Labute approximate surface area is 152 Å². The van der Waals surface area contributed by atoms with Gasteiger partial charge in [-0.2, -0.15) is 0 Å². The van der Waals surface area contributed by atoms with Gasteiger partial charge in [-0.3, -0.25) is 24.1 Å². The molecular formula is C15H29N3O8. The average molecular weight is 379 g/mol. The summed E-state index contributed by atoms with van der Waals surface area (Å²) in [5.41, 5.74) is 9.68. The molecule has 0 atom stereocenters. The molecule has 0 aromatic rings. The van der Waals surface area contributed by atoms with E-state index < -0.39 is 23.5 Å². The summed E-state index contributed by atoms with van der Waals surface area (Å²) < 4.78 is 15.0. The van der Waals surface area contributed by atoms with Crippen LogP contribution in [0.4, 0.5) is 0 Å². The first-order chi connectivity index (χ1) is 12.1. The molecule has 0 heterocycles. The molecule has 0 unspecified atom stereocenters. The number of esters is 3. The Balaban J connectivity index is 0. The number of hydrogen-bond donors (Lipinski definition) is 3. The second-order valence-corrected chi connectivity index (χ2v) is 5.82. The molecule has 0 aliphatic heterocycles. The Hall–Kier alpha value is -2.24. The Morgan fingerprint density at radius 1 is 0.962 bits per heavy atom. The molecule has 0 aromatic carbocycles. The van der Waals surface area contributed by atoms with Crippen molar-refractivity contribution in [3.05, 3.63) is 0 Å². The molecule has 0 radical (unpaired) electrons. The zero-order chi connectivity index (χ0) is 20.6. The average Bonchev–Trinajstić information content (AvgIpc) is 2.53. The van der Waals surface area contributed by atoms with Crippen LogP contribution in [0.3, 0.4) is 0 Å². The van der Waals surface area contributed by atoms with Gasteiger partial charge in [-0.25, -0.2) is 0 Å². The molecule has 0 amide bonds. The zero-order valence-corrected chi connectivity index (χ0v) is 15.4. The molecule has 0 aromatic heterocycles. The van der Waals surface area contributed by atoms with E-state index in [1.54, 1.807) is 25.7 Å². The third-order valence-electron chi connectivity index (χ3n) is 2.45. The molecule has 0 fully saturated rings. The van der Waals surface area contributed by atoms with Gasteiger partial charge in [0.2, 0.25) is 0 Å². The molecule has 5 N–H and O–H groups in total. The van der Waals surface area contributed by atoms with E-state index in [0.717, 1.165) is 0 Å². The van der Waals surface area contributed by atoms with Crippen molar-refractivity contribution in [2.24, 2.45) is 11.5 Å². The lowest BCUT2D eigenvalue weighted by molar-refractivity contribution is -0.156. The fraction of sp³-hybridized carbons (Fsp3) is 0.733. The highest BCUT2D eigenvalue weighted by Gasteiger charge is 2.19. The first-order valence-corrected chi connectivity index (χ1v) is 7.83. The van der Waals surface area contributed by atoms with Gasteiger partial charge in [0, 0.05) is 13.1 Å². The Morgan fingerprint density at radius 2 is 1.35 bits per heavy atom. The monoisotopic (exact) mass is 379 g/mol. The minimum Gasteiger partial charge on any atom is -0.483 e. The number of carbonyl (C=O) groups is 4. The number of rotatable bonds is 10. The van der Waals surface area contributed by atoms with E-state index in [1.165, 1.54) is 0 Å². The highest BCUT2D eigenvalue weighted by molar-refractivity contribution is 5.72. The van der Waals surface area contributed by atoms with Gasteiger partial charge in [-0.15, -0.1) is 0 Å². The smallest absolute Gasteiger partial charge is 0.320 e. The van der Waals surface area contributed by atoms with E-state index in [1.807, 2.05) is 0 Å². The Bertz CT molecular complexity index is 415. The topological polar surface area (TPSA) is 171 Å². The maximum atomic E-state index is 11.9. The van der Waals surface area contributed by atoms with Gasteiger partial charge in [-0.05, 0) is 20.8 Å². The number of nitrogens with zero attached hydrogens (tertiary/aromatic N) is 1. The third-order valence-corrected chi connectivity index (χ3v) is 2.45. The van der Waals surface area contributed by atoms with Crippen LogP contribution in [0.5, 0.6) is 0 Å². The number of hydrogen-bond acceptors (Lipinski definition) is 10. The molecule has 0 aliphatic rings. The zero-order valence-electron chi connectivity index (χ0n) is 15.4. The van der Waals surface area contributed by atoms with Crippen molar-refractivity contribution in [2.75, 3.05) is 45.9 Å². The molecule has 0 saturated heterocycles. The molecule has 11 heteroatoms. The van der Waals surface area contributed by atoms with E-state index in [9.17, 15) is 14.4 Å². The summed E-state index contributed by atoms with van der Waals surface area (Å²) >= 11 is 0. The largest absolute Gasteiger partial charge is 0.483 e. The van der Waals surface area contributed by atoms with Crippen molar-refractivity contribution < 1.29 is 38.5 Å². The second kappa shape index (κ2) is 15.0. The van der Waals surface area contributed by atoms with Crippen molar-refractivity contribution in [1.82, 2.24) is 4.90 Å². The van der Waals surface area contributed by atoms with Gasteiger partial charge in [0.1, 0.15) is 18.8 Å². The lowest BCUT2D eigenvalue weighted by Crippen LogP contribution is -2.39. The molecule has 152 valence electrons. The minimum absolute atomic E-state index is 0.0162. The van der Waals surface area contributed by atoms with Crippen LogP contribution in [0.15, 0.2) is 0 Å². The predicted octanol–water partition coefficient (Wildman–Crippen LogP) is -1.67. The predicted molar refractivity (Wildman–Crippen MR) is 91.0 cm³/mol. The Morgan fingerprint density at radius 3 is 1.65 bits per heavy atom. The molecule has 0 saturated carbocycles. The number of carbonyl (C=O) groups excluding carboxylic acids is 3. The second-order valence-electron chi connectivity index (χ2n) is 5.82. The molecule has 26 heavy (non-hydrogen) atoms. The number of carboxylic acid groups (broad SMARTS) is 1. The van der Waals surface area contributed by atoms with Gasteiger partial charge < -0.3 is 30.8 Å². The van der Waals surface area contributed by atoms with Gasteiger partial charge in [0.05, 0.1) is 19.6 Å². The van der Waals surface area contributed by atoms with E-state index >= 15 is 0 Å². The van der Waals surface area contributed by atoms with Crippen molar-refractivity contribution in [3.8, 4) is 0 Å². The maximum Gasteiger partial charge on any atom is 0.320 e. The number of nitrogens with two attached hydrogens (primary N) is 2. The molecular weight excluding hydrogens is 350 g/mol. The van der Waals surface area contributed by atoms with Crippen LogP contribution >= 0.6 is 0 Å². The molecule has 0 spiro atoms. The van der Waals surface area contributed by atoms with Crippen molar-refractivity contribution in [3.63, 3.8) is 0 Å². The van der Waals surface area contributed by atoms with Crippen LogP contribution in [0.1, 0.15) is 20.8 Å². The molecule has 0 bridgehead atoms. The maximum absolute atomic E-state index is 11.9. The van der Waals surface area contributed by atoms with E-state index in [4.69, 9.17) is 35.6 Å². The van der Waals surface area contributed by atoms with Gasteiger partial charge in [0.15, 0.2) is 0 Å². The van der Waals surface area contributed by atoms with Crippen LogP contribution in [0, 0.1) is 0 Å². The van der Waals surface area contributed by atoms with Crippen molar-refractivity contribution in [1.29, 1.82) is 0 Å². The SMILES string of the molecule is CC(C)(C)OC(=O)CN(CCOC(=O)CN)CCOC(=O)CN.O=CO. The van der Waals surface area contributed by atoms with Crippen molar-refractivity contribution in [2.45, 2.75) is 26.4 Å². The van der Waals surface area contributed by atoms with Crippen LogP contribution in [0.25, 0.3) is 0 Å². The first-order valence-electron chi connectivity index (χ1n) is 7.83. The Kier molecular flexibility index (Phi) is 15.0. The van der Waals surface area contributed by atoms with Crippen LogP contribution < -0.4 is 11.5 Å². The van der Waals surface area contributed by atoms with Crippen LogP contribution in [-0.2, 0) is 33.4 Å². The molecule has 0 aliphatic carbocycles. The van der Waals surface area contributed by atoms with Crippen molar-refractivity contribution >= 4 is 24.4 Å². The first kappa shape index (κ1) is 26.0. The van der Waals surface area contributed by atoms with Crippen LogP contribution in [-0.4, -0.2) is 85.9 Å². The summed E-state index contributed by atoms with van der Waals surface area (Å²) in [7, 11) is 0. The quantitative estimate of drug-likeness (QED) is 0.225. The molecule has 0 rings (SSSR count). The van der Waals surface area contributed by atoms with Crippen LogP contribution in [0.2, 0.25) is 0 Å². The summed E-state index contributed by atoms with van der Waals surface area (Å²) in [4.78, 5) is 43.9. The van der Waals surface area contributed by atoms with Gasteiger partial charge in [0.25, 0.3) is 6.47 Å². The summed E-state index contributed by atoms with van der Waals surface area (Å²) in [5, 5.41) is 6.89. The summed E-state index contributed by atoms with van der Waals surface area (Å²) in [6, 6.07) is 0. The lowest BCUT2D eigenvalue weighted by Gasteiger charge is -2.24. The highest BCUT2D eigenvalue weighted by atomic mass is 16.6. The van der Waals surface area contributed by atoms with Gasteiger partial charge in [-0.1, -0.05) is 0 Å². The van der Waals surface area contributed by atoms with E-state index in [2.05, 4.69) is 0 Å². The summed E-state index contributed by atoms with van der Waals surface area (Å²) in [5.74, 6) is -1.48.